The zero-order chi connectivity index (χ0) is 34.0. The zero-order valence-corrected chi connectivity index (χ0v) is 28.9. The fraction of sp³-hybridized carbons (Fsp3) is 0.444. The molecule has 0 aliphatic carbocycles. The highest BCUT2D eigenvalue weighted by Gasteiger charge is 2.57. The highest BCUT2D eigenvalue weighted by molar-refractivity contribution is 6.31. The molecule has 4 unspecified atom stereocenters. The molecule has 0 bridgehead atoms. The third-order valence-corrected chi connectivity index (χ3v) is 8.84. The third kappa shape index (κ3) is 8.38. The van der Waals surface area contributed by atoms with Crippen LogP contribution in [0.4, 0.5) is 19.3 Å². The Labute approximate surface area is 280 Å². The van der Waals surface area contributed by atoms with E-state index >= 15 is 8.78 Å². The second-order valence-electron chi connectivity index (χ2n) is 14.4. The zero-order valence-electron chi connectivity index (χ0n) is 27.4. The molecular weight excluding hydrogens is 631 g/mol. The molecule has 1 fully saturated rings. The van der Waals surface area contributed by atoms with Crippen LogP contribution in [-0.4, -0.2) is 36.2 Å². The second kappa shape index (κ2) is 13.9. The van der Waals surface area contributed by atoms with Gasteiger partial charge in [0.05, 0.1) is 11.1 Å². The Balaban J connectivity index is 1.65. The summed E-state index contributed by atoms with van der Waals surface area (Å²) in [6, 6.07) is 15.1. The predicted molar refractivity (Wildman–Crippen MR) is 181 cm³/mol. The summed E-state index contributed by atoms with van der Waals surface area (Å²) in [6.45, 7) is 13.9. The molecule has 3 N–H and O–H groups in total. The number of alkyl carbamates (subject to hydrolysis) is 1. The number of carbonyl (C=O) groups excluding carboxylic acids is 2. The van der Waals surface area contributed by atoms with Gasteiger partial charge in [-0.2, -0.15) is 0 Å². The van der Waals surface area contributed by atoms with Gasteiger partial charge in [-0.05, 0) is 86.1 Å². The van der Waals surface area contributed by atoms with E-state index in [1.54, 1.807) is 57.2 Å². The lowest BCUT2D eigenvalue weighted by molar-refractivity contribution is -0.118. The summed E-state index contributed by atoms with van der Waals surface area (Å²) in [4.78, 5) is 26.0. The minimum atomic E-state index is -1.07. The first kappa shape index (κ1) is 35.7. The molecule has 1 saturated heterocycles. The number of halogens is 4. The van der Waals surface area contributed by atoms with Gasteiger partial charge in [0, 0.05) is 34.6 Å². The molecule has 4 rings (SSSR count). The molecule has 46 heavy (non-hydrogen) atoms. The predicted octanol–water partition coefficient (Wildman–Crippen LogP) is 8.80. The van der Waals surface area contributed by atoms with Gasteiger partial charge in [-0.3, -0.25) is 4.79 Å². The minimum Gasteiger partial charge on any atom is -0.444 e. The van der Waals surface area contributed by atoms with E-state index in [0.29, 0.717) is 30.6 Å². The van der Waals surface area contributed by atoms with Crippen LogP contribution >= 0.6 is 23.2 Å². The molecule has 0 aromatic heterocycles. The van der Waals surface area contributed by atoms with Gasteiger partial charge in [-0.1, -0.05) is 81.2 Å². The molecular formula is C36H43Cl2F2N3O3. The maximum absolute atomic E-state index is 15.8. The van der Waals surface area contributed by atoms with E-state index in [-0.39, 0.29) is 26.9 Å². The molecule has 248 valence electrons. The van der Waals surface area contributed by atoms with Crippen LogP contribution in [-0.2, 0) is 21.4 Å². The van der Waals surface area contributed by atoms with Crippen LogP contribution in [0.15, 0.2) is 60.7 Å². The lowest BCUT2D eigenvalue weighted by atomic mass is 9.63. The molecule has 0 spiro atoms. The van der Waals surface area contributed by atoms with Gasteiger partial charge in [-0.15, -0.1) is 0 Å². The number of anilines is 1. The number of rotatable bonds is 8. The number of hydrogen-bond acceptors (Lipinski definition) is 4. The van der Waals surface area contributed by atoms with Crippen molar-refractivity contribution in [3.8, 4) is 0 Å². The Morgan fingerprint density at radius 3 is 2.26 bits per heavy atom. The molecule has 6 nitrogen and oxygen atoms in total. The van der Waals surface area contributed by atoms with Crippen molar-refractivity contribution in [2.45, 2.75) is 90.3 Å². The maximum atomic E-state index is 15.8. The average Bonchev–Trinajstić information content (AvgIpc) is 3.21. The Kier molecular flexibility index (Phi) is 10.8. The fourth-order valence-electron chi connectivity index (χ4n) is 6.30. The van der Waals surface area contributed by atoms with Gasteiger partial charge in [0.1, 0.15) is 17.2 Å². The average molecular weight is 675 g/mol. The molecule has 4 atom stereocenters. The first-order chi connectivity index (χ1) is 21.4. The van der Waals surface area contributed by atoms with E-state index in [1.165, 1.54) is 12.1 Å². The fourth-order valence-corrected chi connectivity index (χ4v) is 6.64. The minimum absolute atomic E-state index is 0.0772. The molecule has 1 aliphatic heterocycles. The van der Waals surface area contributed by atoms with Crippen molar-refractivity contribution < 1.29 is 23.1 Å². The van der Waals surface area contributed by atoms with E-state index in [1.807, 2.05) is 19.1 Å². The van der Waals surface area contributed by atoms with E-state index in [2.05, 4.69) is 36.7 Å². The largest absolute Gasteiger partial charge is 0.444 e. The van der Waals surface area contributed by atoms with Crippen LogP contribution in [0.3, 0.4) is 0 Å². The molecule has 2 amide bonds. The first-order valence-electron chi connectivity index (χ1n) is 15.4. The van der Waals surface area contributed by atoms with Gasteiger partial charge in [0.2, 0.25) is 5.91 Å². The van der Waals surface area contributed by atoms with Gasteiger partial charge in [0.15, 0.2) is 0 Å². The van der Waals surface area contributed by atoms with E-state index in [9.17, 15) is 9.59 Å². The van der Waals surface area contributed by atoms with Crippen LogP contribution in [0.5, 0.6) is 0 Å². The standard InChI is InChI=1S/C36H43Cl2F2N3O3/c1-34(2,3)20-28-36(7,25-16-13-22(37)19-27(25)39)29(24-9-8-10-26(38)30(24)40)31(43-28)32(44)42-23-14-11-21(12-15-23)17-18-41-33(45)46-35(4,5)6/h8-16,19,28-29,31,43H,17-18,20H2,1-7H3,(H,41,45)(H,42,44). The molecule has 1 aliphatic rings. The van der Waals surface area contributed by atoms with Crippen LogP contribution in [0.2, 0.25) is 10.0 Å². The number of carbonyl (C=O) groups is 2. The van der Waals surface area contributed by atoms with Gasteiger partial charge in [-0.25, -0.2) is 13.6 Å². The SMILES string of the molecule is CC(C)(C)CC1NC(C(=O)Nc2ccc(CCNC(=O)OC(C)(C)C)cc2)C(c2cccc(Cl)c2F)C1(C)c1ccc(Cl)cc1F. The number of benzene rings is 3. The van der Waals surface area contributed by atoms with Gasteiger partial charge < -0.3 is 20.7 Å². The van der Waals surface area contributed by atoms with E-state index < -0.39 is 46.7 Å². The number of hydrogen-bond donors (Lipinski definition) is 3. The molecule has 0 saturated carbocycles. The Bertz CT molecular complexity index is 1570. The van der Waals surface area contributed by atoms with Crippen LogP contribution in [0.1, 0.15) is 77.5 Å². The van der Waals surface area contributed by atoms with Crippen molar-refractivity contribution in [3.63, 3.8) is 0 Å². The third-order valence-electron chi connectivity index (χ3n) is 8.31. The summed E-state index contributed by atoms with van der Waals surface area (Å²) in [5.41, 5.74) is 0.189. The summed E-state index contributed by atoms with van der Waals surface area (Å²) < 4.78 is 36.9. The van der Waals surface area contributed by atoms with Crippen molar-refractivity contribution in [2.24, 2.45) is 5.41 Å². The molecule has 3 aromatic rings. The summed E-state index contributed by atoms with van der Waals surface area (Å²) in [5, 5.41) is 9.37. The van der Waals surface area contributed by atoms with Gasteiger partial charge in [0.25, 0.3) is 0 Å². The maximum Gasteiger partial charge on any atom is 0.407 e. The highest BCUT2D eigenvalue weighted by atomic mass is 35.5. The quantitative estimate of drug-likeness (QED) is 0.223. The topological polar surface area (TPSA) is 79.5 Å². The normalized spacial score (nSPS) is 21.6. The summed E-state index contributed by atoms with van der Waals surface area (Å²) >= 11 is 12.4. The van der Waals surface area contributed by atoms with Crippen molar-refractivity contribution in [1.82, 2.24) is 10.6 Å². The van der Waals surface area contributed by atoms with Crippen molar-refractivity contribution in [3.05, 3.63) is 99.0 Å². The molecule has 1 heterocycles. The lowest BCUT2D eigenvalue weighted by Gasteiger charge is -2.40. The summed E-state index contributed by atoms with van der Waals surface area (Å²) in [6.07, 6.45) is 0.647. The molecule has 3 aromatic carbocycles. The number of nitrogens with one attached hydrogen (secondary N) is 3. The van der Waals surface area contributed by atoms with E-state index in [0.717, 1.165) is 5.56 Å². The Hall–Kier alpha value is -3.20. The Morgan fingerprint density at radius 2 is 1.65 bits per heavy atom. The number of ether oxygens (including phenoxy) is 1. The molecule has 0 radical (unpaired) electrons. The van der Waals surface area contributed by atoms with Crippen molar-refractivity contribution in [2.75, 3.05) is 11.9 Å². The van der Waals surface area contributed by atoms with Crippen molar-refractivity contribution in [1.29, 1.82) is 0 Å². The van der Waals surface area contributed by atoms with Gasteiger partial charge >= 0.3 is 6.09 Å². The number of amides is 2. The molecule has 10 heteroatoms. The smallest absolute Gasteiger partial charge is 0.407 e. The first-order valence-corrected chi connectivity index (χ1v) is 16.2. The monoisotopic (exact) mass is 673 g/mol. The van der Waals surface area contributed by atoms with Crippen LogP contribution < -0.4 is 16.0 Å². The lowest BCUT2D eigenvalue weighted by Crippen LogP contribution is -2.44. The summed E-state index contributed by atoms with van der Waals surface area (Å²) in [5.74, 6) is -2.38. The van der Waals surface area contributed by atoms with Crippen LogP contribution in [0, 0.1) is 17.0 Å². The van der Waals surface area contributed by atoms with Crippen molar-refractivity contribution >= 4 is 40.9 Å². The Morgan fingerprint density at radius 1 is 0.978 bits per heavy atom. The summed E-state index contributed by atoms with van der Waals surface area (Å²) in [7, 11) is 0. The van der Waals surface area contributed by atoms with E-state index in [4.69, 9.17) is 27.9 Å². The van der Waals surface area contributed by atoms with Crippen LogP contribution in [0.25, 0.3) is 0 Å². The second-order valence-corrected chi connectivity index (χ2v) is 15.2. The highest BCUT2D eigenvalue weighted by Crippen LogP contribution is 2.52.